The van der Waals surface area contributed by atoms with Crippen molar-refractivity contribution in [3.05, 3.63) is 94.1 Å². The van der Waals surface area contributed by atoms with Gasteiger partial charge in [-0.15, -0.1) is 0 Å². The number of allylic oxidation sites excluding steroid dienone is 2. The fraction of sp³-hybridized carbons (Fsp3) is 0.471. The molecule has 4 rings (SSSR count). The van der Waals surface area contributed by atoms with Crippen LogP contribution in [-0.2, 0) is 29.0 Å². The molecule has 8 heteroatoms. The molecule has 2 aromatic rings. The zero-order valence-corrected chi connectivity index (χ0v) is 24.8. The molecule has 1 fully saturated rings. The molecule has 1 saturated carbocycles. The average Bonchev–Trinajstić information content (AvgIpc) is 3.51. The smallest absolute Gasteiger partial charge is 0.247 e. The van der Waals surface area contributed by atoms with E-state index in [1.54, 1.807) is 13.1 Å². The minimum atomic E-state index is -1.05. The molecule has 0 radical (unpaired) electrons. The molecule has 226 valence electrons. The van der Waals surface area contributed by atoms with Gasteiger partial charge in [-0.05, 0) is 73.8 Å². The van der Waals surface area contributed by atoms with E-state index in [9.17, 15) is 23.5 Å². The summed E-state index contributed by atoms with van der Waals surface area (Å²) in [6, 6.07) is 10.5. The SMILES string of the molecule is CCc1cccc(CNC[C@@H](O)[C@H](Cc2cc(F)cc(F)c2)NC(=O)C2=CC(C)=CC(C(=O)NC)(C3CCCC3)C2)c1. The Kier molecular flexibility index (Phi) is 10.7. The Balaban J connectivity index is 1.52. The zero-order chi connectivity index (χ0) is 30.3. The largest absolute Gasteiger partial charge is 0.390 e. The molecule has 2 aromatic carbocycles. The van der Waals surface area contributed by atoms with Gasteiger partial charge in [-0.25, -0.2) is 8.78 Å². The third kappa shape index (κ3) is 7.72. The van der Waals surface area contributed by atoms with Crippen LogP contribution in [0.2, 0.25) is 0 Å². The summed E-state index contributed by atoms with van der Waals surface area (Å²) in [6.07, 6.45) is 7.88. The number of aryl methyl sites for hydroxylation is 1. The predicted octanol–water partition coefficient (Wildman–Crippen LogP) is 4.90. The van der Waals surface area contributed by atoms with Gasteiger partial charge < -0.3 is 21.1 Å². The number of amides is 2. The first-order valence-corrected chi connectivity index (χ1v) is 15.0. The maximum absolute atomic E-state index is 14.0. The van der Waals surface area contributed by atoms with Crippen LogP contribution in [0.3, 0.4) is 0 Å². The third-order valence-corrected chi connectivity index (χ3v) is 8.64. The average molecular weight is 580 g/mol. The Labute approximate surface area is 247 Å². The first kappa shape index (κ1) is 31.6. The van der Waals surface area contributed by atoms with E-state index in [1.807, 2.05) is 25.1 Å². The molecular weight excluding hydrogens is 536 g/mol. The minimum Gasteiger partial charge on any atom is -0.390 e. The lowest BCUT2D eigenvalue weighted by Gasteiger charge is -2.38. The summed E-state index contributed by atoms with van der Waals surface area (Å²) >= 11 is 0. The van der Waals surface area contributed by atoms with Crippen molar-refractivity contribution in [2.24, 2.45) is 11.3 Å². The van der Waals surface area contributed by atoms with E-state index in [0.717, 1.165) is 49.3 Å². The molecule has 2 aliphatic carbocycles. The van der Waals surface area contributed by atoms with Crippen molar-refractivity contribution in [1.29, 1.82) is 0 Å². The zero-order valence-electron chi connectivity index (χ0n) is 24.8. The van der Waals surface area contributed by atoms with Gasteiger partial charge in [0.2, 0.25) is 11.8 Å². The molecule has 0 spiro atoms. The van der Waals surface area contributed by atoms with Gasteiger partial charge in [-0.2, -0.15) is 0 Å². The Morgan fingerprint density at radius 2 is 1.74 bits per heavy atom. The van der Waals surface area contributed by atoms with Gasteiger partial charge in [0.25, 0.3) is 0 Å². The molecule has 0 heterocycles. The Bertz CT molecular complexity index is 1310. The highest BCUT2D eigenvalue weighted by Crippen LogP contribution is 2.48. The van der Waals surface area contributed by atoms with Crippen LogP contribution in [0, 0.1) is 23.0 Å². The standard InChI is InChI=1S/C34H43F2N3O3/c1-4-23-8-7-9-24(13-23)20-38-21-31(40)30(16-25-14-28(35)17-29(36)15-25)39-32(41)26-12-22(2)18-34(19-26,33(42)37-3)27-10-5-6-11-27/h7-9,12-15,17-18,27,30-31,38,40H,4-6,10-11,16,19-21H2,1-3H3,(H,37,42)(H,39,41)/t30-,31+,34?/m0/s1. The maximum Gasteiger partial charge on any atom is 0.247 e. The second-order valence-electron chi connectivity index (χ2n) is 11.8. The molecule has 0 saturated heterocycles. The van der Waals surface area contributed by atoms with Gasteiger partial charge in [0.05, 0.1) is 17.6 Å². The van der Waals surface area contributed by atoms with E-state index < -0.39 is 35.1 Å². The molecular formula is C34H43F2N3O3. The normalized spacial score (nSPS) is 20.4. The quantitative estimate of drug-likeness (QED) is 0.288. The molecule has 1 unspecified atom stereocenters. The highest BCUT2D eigenvalue weighted by Gasteiger charge is 2.47. The lowest BCUT2D eigenvalue weighted by atomic mass is 9.66. The van der Waals surface area contributed by atoms with Crippen LogP contribution in [0.1, 0.15) is 62.6 Å². The fourth-order valence-electron chi connectivity index (χ4n) is 6.55. The van der Waals surface area contributed by atoms with Crippen LogP contribution in [0.4, 0.5) is 8.78 Å². The van der Waals surface area contributed by atoms with Crippen LogP contribution < -0.4 is 16.0 Å². The lowest BCUT2D eigenvalue weighted by Crippen LogP contribution is -2.50. The van der Waals surface area contributed by atoms with E-state index >= 15 is 0 Å². The Morgan fingerprint density at radius 3 is 2.40 bits per heavy atom. The van der Waals surface area contributed by atoms with Gasteiger partial charge in [0, 0.05) is 31.8 Å². The summed E-state index contributed by atoms with van der Waals surface area (Å²) in [7, 11) is 1.62. The highest BCUT2D eigenvalue weighted by atomic mass is 19.1. The van der Waals surface area contributed by atoms with Crippen LogP contribution in [0.5, 0.6) is 0 Å². The number of carbonyl (C=O) groups excluding carboxylic acids is 2. The number of hydrogen-bond donors (Lipinski definition) is 4. The van der Waals surface area contributed by atoms with E-state index in [-0.39, 0.29) is 31.2 Å². The van der Waals surface area contributed by atoms with E-state index in [4.69, 9.17) is 0 Å². The van der Waals surface area contributed by atoms with Crippen LogP contribution in [-0.4, -0.2) is 42.7 Å². The number of nitrogens with one attached hydrogen (secondary N) is 3. The molecule has 3 atom stereocenters. The molecule has 2 amide bonds. The number of carbonyl (C=O) groups is 2. The van der Waals surface area contributed by atoms with Crippen molar-refractivity contribution in [1.82, 2.24) is 16.0 Å². The van der Waals surface area contributed by atoms with Crippen molar-refractivity contribution < 1.29 is 23.5 Å². The van der Waals surface area contributed by atoms with E-state index in [1.165, 1.54) is 17.7 Å². The fourth-order valence-corrected chi connectivity index (χ4v) is 6.55. The van der Waals surface area contributed by atoms with Gasteiger partial charge in [-0.1, -0.05) is 61.8 Å². The number of aliphatic hydroxyl groups excluding tert-OH is 1. The summed E-state index contributed by atoms with van der Waals surface area (Å²) in [4.78, 5) is 27.0. The molecule has 0 aliphatic heterocycles. The van der Waals surface area contributed by atoms with E-state index in [2.05, 4.69) is 35.0 Å². The lowest BCUT2D eigenvalue weighted by molar-refractivity contribution is -0.131. The minimum absolute atomic E-state index is 0.0277. The van der Waals surface area contributed by atoms with Gasteiger partial charge in [0.15, 0.2) is 0 Å². The van der Waals surface area contributed by atoms with E-state index in [0.29, 0.717) is 17.7 Å². The third-order valence-electron chi connectivity index (χ3n) is 8.64. The summed E-state index contributed by atoms with van der Waals surface area (Å²) in [5.41, 5.74) is 3.09. The van der Waals surface area contributed by atoms with Crippen LogP contribution >= 0.6 is 0 Å². The van der Waals surface area contributed by atoms with Gasteiger partial charge >= 0.3 is 0 Å². The Hall–Kier alpha value is -3.36. The molecule has 42 heavy (non-hydrogen) atoms. The van der Waals surface area contributed by atoms with Gasteiger partial charge in [0.1, 0.15) is 11.6 Å². The topological polar surface area (TPSA) is 90.5 Å². The second-order valence-corrected chi connectivity index (χ2v) is 11.8. The number of hydrogen-bond acceptors (Lipinski definition) is 4. The summed E-state index contributed by atoms with van der Waals surface area (Å²) in [6.45, 7) is 4.65. The van der Waals surface area contributed by atoms with Crippen LogP contribution in [0.15, 0.2) is 65.8 Å². The molecule has 0 aromatic heterocycles. The van der Waals surface area contributed by atoms with Crippen LogP contribution in [0.25, 0.3) is 0 Å². The van der Waals surface area contributed by atoms with Crippen molar-refractivity contribution in [3.63, 3.8) is 0 Å². The first-order chi connectivity index (χ1) is 20.1. The predicted molar refractivity (Wildman–Crippen MR) is 160 cm³/mol. The molecule has 0 bridgehead atoms. The Morgan fingerprint density at radius 1 is 1.05 bits per heavy atom. The van der Waals surface area contributed by atoms with Crippen molar-refractivity contribution >= 4 is 11.8 Å². The summed E-state index contributed by atoms with van der Waals surface area (Å²) in [5.74, 6) is -1.81. The van der Waals surface area contributed by atoms with Crippen molar-refractivity contribution in [2.75, 3.05) is 13.6 Å². The van der Waals surface area contributed by atoms with Crippen molar-refractivity contribution in [3.8, 4) is 0 Å². The molecule has 6 nitrogen and oxygen atoms in total. The number of aliphatic hydroxyl groups is 1. The number of benzene rings is 2. The highest BCUT2D eigenvalue weighted by molar-refractivity contribution is 5.97. The second kappa shape index (κ2) is 14.2. The monoisotopic (exact) mass is 579 g/mol. The summed E-state index contributed by atoms with van der Waals surface area (Å²) in [5, 5.41) is 20.2. The first-order valence-electron chi connectivity index (χ1n) is 15.0. The number of halogens is 2. The molecule has 2 aliphatic rings. The number of rotatable bonds is 12. The van der Waals surface area contributed by atoms with Gasteiger partial charge in [-0.3, -0.25) is 9.59 Å². The summed E-state index contributed by atoms with van der Waals surface area (Å²) < 4.78 is 28.0. The maximum atomic E-state index is 14.0. The van der Waals surface area contributed by atoms with Crippen molar-refractivity contribution in [2.45, 2.75) is 77.5 Å². The molecule has 4 N–H and O–H groups in total.